The van der Waals surface area contributed by atoms with E-state index in [1.54, 1.807) is 12.1 Å². The van der Waals surface area contributed by atoms with E-state index in [0.29, 0.717) is 30.6 Å². The van der Waals surface area contributed by atoms with Crippen LogP contribution in [0.5, 0.6) is 0 Å². The van der Waals surface area contributed by atoms with Crippen LogP contribution in [0.25, 0.3) is 10.9 Å². The maximum Gasteiger partial charge on any atom is 0.418 e. The zero-order valence-corrected chi connectivity index (χ0v) is 16.9. The van der Waals surface area contributed by atoms with Gasteiger partial charge in [0, 0.05) is 36.8 Å². The topological polar surface area (TPSA) is 33.2 Å². The third kappa shape index (κ3) is 3.99. The predicted octanol–water partition coefficient (Wildman–Crippen LogP) is 6.02. The summed E-state index contributed by atoms with van der Waals surface area (Å²) in [6.07, 6.45) is -7.66. The third-order valence-corrected chi connectivity index (χ3v) is 6.44. The molecule has 2 heterocycles. The van der Waals surface area contributed by atoms with Crippen LogP contribution in [-0.2, 0) is 11.0 Å². The Morgan fingerprint density at radius 3 is 2.45 bits per heavy atom. The molecule has 0 N–H and O–H groups in total. The number of nitrogens with zero attached hydrogens (tertiary/aromatic N) is 2. The summed E-state index contributed by atoms with van der Waals surface area (Å²) < 4.78 is 80.1. The van der Waals surface area contributed by atoms with E-state index >= 15 is 0 Å². The zero-order valence-electron chi connectivity index (χ0n) is 16.9. The average molecular weight is 444 g/mol. The molecule has 3 nitrogen and oxygen atoms in total. The van der Waals surface area contributed by atoms with Gasteiger partial charge in [-0.2, -0.15) is 26.3 Å². The first-order valence-corrected chi connectivity index (χ1v) is 10.2. The Labute approximate surface area is 175 Å². The molecular weight excluding hydrogens is 422 g/mol. The molecule has 0 amide bonds. The Morgan fingerprint density at radius 2 is 1.84 bits per heavy atom. The monoisotopic (exact) mass is 444 g/mol. The van der Waals surface area contributed by atoms with Gasteiger partial charge in [0.25, 0.3) is 0 Å². The van der Waals surface area contributed by atoms with E-state index in [9.17, 15) is 31.1 Å². The molecule has 0 unspecified atom stereocenters. The van der Waals surface area contributed by atoms with Crippen molar-refractivity contribution in [3.8, 4) is 0 Å². The van der Waals surface area contributed by atoms with Gasteiger partial charge in [0.2, 0.25) is 0 Å². The van der Waals surface area contributed by atoms with Crippen molar-refractivity contribution >= 4 is 22.4 Å². The molecule has 2 atom stereocenters. The van der Waals surface area contributed by atoms with Crippen molar-refractivity contribution in [2.75, 3.05) is 18.0 Å². The molecule has 0 radical (unpaired) electrons. The number of piperidine rings is 1. The quantitative estimate of drug-likeness (QED) is 0.541. The first kappa shape index (κ1) is 21.9. The Balaban J connectivity index is 1.61. The lowest BCUT2D eigenvalue weighted by atomic mass is 9.83. The molecule has 1 aromatic heterocycles. The lowest BCUT2D eigenvalue weighted by Crippen LogP contribution is -2.42. The molecular formula is C22H22F6N2O. The zero-order chi connectivity index (χ0) is 22.6. The summed E-state index contributed by atoms with van der Waals surface area (Å²) in [5.74, 6) is -0.968. The van der Waals surface area contributed by atoms with Gasteiger partial charge in [0.05, 0.1) is 11.1 Å². The average Bonchev–Trinajstić information content (AvgIpc) is 3.48. The number of carbonyl (C=O) groups excluding carboxylic acids is 1. The molecule has 0 bridgehead atoms. The van der Waals surface area contributed by atoms with E-state index in [0.717, 1.165) is 6.07 Å². The highest BCUT2D eigenvalue weighted by Gasteiger charge is 2.67. The first-order chi connectivity index (χ1) is 14.4. The van der Waals surface area contributed by atoms with E-state index in [4.69, 9.17) is 0 Å². The highest BCUT2D eigenvalue weighted by molar-refractivity contribution is 5.94. The molecule has 4 rings (SSSR count). The minimum absolute atomic E-state index is 0.0848. The maximum atomic E-state index is 13.4. The fourth-order valence-corrected chi connectivity index (χ4v) is 4.79. The van der Waals surface area contributed by atoms with E-state index in [1.807, 2.05) is 11.8 Å². The summed E-state index contributed by atoms with van der Waals surface area (Å²) in [5.41, 5.74) is -2.63. The number of aromatic nitrogens is 1. The molecule has 2 aromatic rings. The molecule has 1 aromatic carbocycles. The minimum Gasteiger partial charge on any atom is -0.370 e. The number of anilines is 1. The van der Waals surface area contributed by atoms with Crippen molar-refractivity contribution in [1.29, 1.82) is 0 Å². The van der Waals surface area contributed by atoms with Crippen molar-refractivity contribution in [2.24, 2.45) is 17.3 Å². The SMILES string of the molecule is C[C@H]1C[C@@H](CC(=O)C2(C(F)(F)F)CC2)CN(c2ccc(C(F)(F)F)c3ncccc23)C1. The van der Waals surface area contributed by atoms with Crippen LogP contribution in [0.15, 0.2) is 30.5 Å². The van der Waals surface area contributed by atoms with Crippen LogP contribution >= 0.6 is 0 Å². The number of fused-ring (bicyclic) bond motifs is 1. The second kappa shape index (κ2) is 7.38. The van der Waals surface area contributed by atoms with Crippen LogP contribution in [0.3, 0.4) is 0 Å². The Bertz CT molecular complexity index is 996. The minimum atomic E-state index is -4.55. The number of benzene rings is 1. The Hall–Kier alpha value is -2.32. The molecule has 168 valence electrons. The Kier molecular flexibility index (Phi) is 5.21. The number of alkyl halides is 6. The number of ketones is 1. The lowest BCUT2D eigenvalue weighted by Gasteiger charge is -2.39. The van der Waals surface area contributed by atoms with Gasteiger partial charge in [-0.3, -0.25) is 9.78 Å². The molecule has 9 heteroatoms. The molecule has 1 aliphatic heterocycles. The largest absolute Gasteiger partial charge is 0.418 e. The molecule has 31 heavy (non-hydrogen) atoms. The summed E-state index contributed by atoms with van der Waals surface area (Å²) in [6.45, 7) is 2.80. The number of rotatable bonds is 4. The van der Waals surface area contributed by atoms with Crippen molar-refractivity contribution < 1.29 is 31.1 Å². The van der Waals surface area contributed by atoms with Crippen molar-refractivity contribution in [3.63, 3.8) is 0 Å². The number of pyridine rings is 1. The molecule has 1 aliphatic carbocycles. The number of halogens is 6. The summed E-state index contributed by atoms with van der Waals surface area (Å²) in [6, 6.07) is 5.50. The number of carbonyl (C=O) groups is 1. The highest BCUT2D eigenvalue weighted by atomic mass is 19.4. The van der Waals surface area contributed by atoms with Gasteiger partial charge < -0.3 is 4.90 Å². The van der Waals surface area contributed by atoms with Crippen molar-refractivity contribution in [1.82, 2.24) is 4.98 Å². The Morgan fingerprint density at radius 1 is 1.13 bits per heavy atom. The van der Waals surface area contributed by atoms with E-state index in [-0.39, 0.29) is 36.6 Å². The normalized spacial score (nSPS) is 23.8. The standard InChI is InChI=1S/C22H22F6N2O/c1-13-9-14(10-18(31)20(6-7-20)22(26,27)28)12-30(11-13)17-5-4-16(21(23,24)25)19-15(17)3-2-8-29-19/h2-5,8,13-14H,6-7,9-12H2,1H3/t13-,14-/m0/s1. The fraction of sp³-hybridized carbons (Fsp3) is 0.545. The molecule has 1 saturated heterocycles. The van der Waals surface area contributed by atoms with Crippen molar-refractivity contribution in [3.05, 3.63) is 36.0 Å². The summed E-state index contributed by atoms with van der Waals surface area (Å²) in [7, 11) is 0. The summed E-state index contributed by atoms with van der Waals surface area (Å²) >= 11 is 0. The van der Waals surface area contributed by atoms with E-state index < -0.39 is 29.1 Å². The lowest BCUT2D eigenvalue weighted by molar-refractivity contribution is -0.191. The van der Waals surface area contributed by atoms with Crippen LogP contribution in [-0.4, -0.2) is 30.0 Å². The third-order valence-electron chi connectivity index (χ3n) is 6.44. The van der Waals surface area contributed by atoms with Gasteiger partial charge in [-0.25, -0.2) is 0 Å². The second-order valence-corrected chi connectivity index (χ2v) is 8.85. The van der Waals surface area contributed by atoms with E-state index in [2.05, 4.69) is 4.98 Å². The van der Waals surface area contributed by atoms with Gasteiger partial charge in [0.1, 0.15) is 11.2 Å². The fourth-order valence-electron chi connectivity index (χ4n) is 4.79. The van der Waals surface area contributed by atoms with Crippen LogP contribution < -0.4 is 4.90 Å². The maximum absolute atomic E-state index is 13.4. The van der Waals surface area contributed by atoms with Crippen LogP contribution in [0.2, 0.25) is 0 Å². The number of hydrogen-bond donors (Lipinski definition) is 0. The van der Waals surface area contributed by atoms with Crippen LogP contribution in [0, 0.1) is 17.3 Å². The van der Waals surface area contributed by atoms with Gasteiger partial charge in [-0.15, -0.1) is 0 Å². The number of hydrogen-bond acceptors (Lipinski definition) is 3. The van der Waals surface area contributed by atoms with Crippen LogP contribution in [0.4, 0.5) is 32.0 Å². The molecule has 0 spiro atoms. The van der Waals surface area contributed by atoms with E-state index in [1.165, 1.54) is 12.3 Å². The van der Waals surface area contributed by atoms with Gasteiger partial charge in [0.15, 0.2) is 0 Å². The van der Waals surface area contributed by atoms with Gasteiger partial charge in [-0.05, 0) is 55.4 Å². The molecule has 2 fully saturated rings. The second-order valence-electron chi connectivity index (χ2n) is 8.85. The highest BCUT2D eigenvalue weighted by Crippen LogP contribution is 2.59. The smallest absolute Gasteiger partial charge is 0.370 e. The van der Waals surface area contributed by atoms with Gasteiger partial charge in [-0.1, -0.05) is 6.92 Å². The van der Waals surface area contributed by atoms with Crippen LogP contribution in [0.1, 0.15) is 38.2 Å². The van der Waals surface area contributed by atoms with Crippen molar-refractivity contribution in [2.45, 2.75) is 45.0 Å². The van der Waals surface area contributed by atoms with Gasteiger partial charge >= 0.3 is 12.4 Å². The number of Topliss-reactive ketones (excluding diaryl/α,β-unsaturated/α-hetero) is 1. The summed E-state index contributed by atoms with van der Waals surface area (Å²) in [5, 5.41) is 0.338. The molecule has 1 saturated carbocycles. The first-order valence-electron chi connectivity index (χ1n) is 10.2. The predicted molar refractivity (Wildman–Crippen MR) is 104 cm³/mol. The molecule has 2 aliphatic rings. The summed E-state index contributed by atoms with van der Waals surface area (Å²) in [4.78, 5) is 18.3.